The van der Waals surface area contributed by atoms with Crippen LogP contribution >= 0.6 is 0 Å². The molecule has 0 radical (unpaired) electrons. The van der Waals surface area contributed by atoms with Crippen LogP contribution in [-0.4, -0.2) is 11.5 Å². The fourth-order valence-corrected chi connectivity index (χ4v) is 1.50. The third-order valence-corrected chi connectivity index (χ3v) is 2.33. The van der Waals surface area contributed by atoms with Crippen molar-refractivity contribution in [2.75, 3.05) is 6.54 Å². The second kappa shape index (κ2) is 3.14. The van der Waals surface area contributed by atoms with Gasteiger partial charge >= 0.3 is 0 Å². The summed E-state index contributed by atoms with van der Waals surface area (Å²) in [6.07, 6.45) is 0.991. The van der Waals surface area contributed by atoms with Crippen LogP contribution in [0.1, 0.15) is 18.0 Å². The fourth-order valence-electron chi connectivity index (χ4n) is 1.50. The molecule has 1 heterocycles. The van der Waals surface area contributed by atoms with Crippen molar-refractivity contribution in [2.45, 2.75) is 12.5 Å². The number of nitro groups is 1. The Balaban J connectivity index is 2.36. The summed E-state index contributed by atoms with van der Waals surface area (Å²) < 4.78 is 0. The Morgan fingerprint density at radius 1 is 1.46 bits per heavy atom. The first-order valence-corrected chi connectivity index (χ1v) is 4.26. The van der Waals surface area contributed by atoms with Gasteiger partial charge in [-0.05, 0) is 13.0 Å². The van der Waals surface area contributed by atoms with E-state index >= 15 is 0 Å². The van der Waals surface area contributed by atoms with Crippen LogP contribution in [-0.2, 0) is 0 Å². The molecule has 0 aromatic heterocycles. The largest absolute Gasteiger partial charge is 0.310 e. The second-order valence-electron chi connectivity index (χ2n) is 3.11. The normalized spacial score (nSPS) is 20.8. The highest BCUT2D eigenvalue weighted by atomic mass is 16.6. The summed E-state index contributed by atoms with van der Waals surface area (Å²) in [4.78, 5) is 10.3. The minimum Gasteiger partial charge on any atom is -0.310 e. The molecule has 1 atom stereocenters. The zero-order valence-corrected chi connectivity index (χ0v) is 7.06. The zero-order chi connectivity index (χ0) is 9.26. The Morgan fingerprint density at radius 3 is 2.69 bits per heavy atom. The minimum atomic E-state index is -0.324. The van der Waals surface area contributed by atoms with Crippen molar-refractivity contribution in [3.8, 4) is 0 Å². The molecule has 1 fully saturated rings. The van der Waals surface area contributed by atoms with Gasteiger partial charge in [0, 0.05) is 17.7 Å². The summed E-state index contributed by atoms with van der Waals surface area (Å²) in [6.45, 7) is 0.955. The van der Waals surface area contributed by atoms with Crippen molar-refractivity contribution in [1.82, 2.24) is 5.32 Å². The van der Waals surface area contributed by atoms with Gasteiger partial charge in [-0.1, -0.05) is 18.2 Å². The topological polar surface area (TPSA) is 55.2 Å². The molecule has 0 aliphatic carbocycles. The number of hydrogen-bond acceptors (Lipinski definition) is 3. The maximum Gasteiger partial charge on any atom is 0.274 e. The van der Waals surface area contributed by atoms with Gasteiger partial charge in [0.15, 0.2) is 0 Å². The highest BCUT2D eigenvalue weighted by molar-refractivity contribution is 5.42. The number of para-hydroxylation sites is 1. The van der Waals surface area contributed by atoms with E-state index in [9.17, 15) is 10.1 Å². The van der Waals surface area contributed by atoms with Crippen LogP contribution in [0.15, 0.2) is 24.3 Å². The van der Waals surface area contributed by atoms with Crippen LogP contribution in [0.2, 0.25) is 0 Å². The average molecular weight is 178 g/mol. The highest BCUT2D eigenvalue weighted by Crippen LogP contribution is 2.30. The zero-order valence-electron chi connectivity index (χ0n) is 7.06. The molecule has 2 rings (SSSR count). The molecule has 4 nitrogen and oxygen atoms in total. The summed E-state index contributed by atoms with van der Waals surface area (Å²) in [5.41, 5.74) is 1.03. The Labute approximate surface area is 75.7 Å². The molecule has 1 aliphatic rings. The van der Waals surface area contributed by atoms with Crippen molar-refractivity contribution in [2.24, 2.45) is 0 Å². The van der Waals surface area contributed by atoms with Gasteiger partial charge in [-0.25, -0.2) is 0 Å². The predicted octanol–water partition coefficient (Wildman–Crippen LogP) is 1.63. The van der Waals surface area contributed by atoms with Crippen LogP contribution < -0.4 is 5.32 Å². The monoisotopic (exact) mass is 178 g/mol. The molecule has 1 saturated heterocycles. The minimum absolute atomic E-state index is 0.182. The van der Waals surface area contributed by atoms with E-state index in [1.54, 1.807) is 12.1 Å². The molecular formula is C9H10N2O2. The molecule has 13 heavy (non-hydrogen) atoms. The van der Waals surface area contributed by atoms with Gasteiger partial charge < -0.3 is 5.32 Å². The lowest BCUT2D eigenvalue weighted by Crippen LogP contribution is -2.35. The van der Waals surface area contributed by atoms with Crippen molar-refractivity contribution in [3.63, 3.8) is 0 Å². The lowest BCUT2D eigenvalue weighted by molar-refractivity contribution is -0.385. The Bertz CT molecular complexity index is 334. The maximum atomic E-state index is 10.6. The number of hydrogen-bond donors (Lipinski definition) is 1. The van der Waals surface area contributed by atoms with Gasteiger partial charge in [0.05, 0.1) is 4.92 Å². The van der Waals surface area contributed by atoms with Crippen molar-refractivity contribution in [3.05, 3.63) is 39.9 Å². The van der Waals surface area contributed by atoms with Crippen LogP contribution in [0.4, 0.5) is 5.69 Å². The van der Waals surface area contributed by atoms with Gasteiger partial charge in [0.1, 0.15) is 0 Å². The Kier molecular flexibility index (Phi) is 1.98. The molecule has 1 N–H and O–H groups in total. The van der Waals surface area contributed by atoms with Crippen molar-refractivity contribution < 1.29 is 4.92 Å². The Morgan fingerprint density at radius 2 is 2.15 bits per heavy atom. The van der Waals surface area contributed by atoms with Crippen LogP contribution in [0.3, 0.4) is 0 Å². The Hall–Kier alpha value is -1.42. The molecular weight excluding hydrogens is 168 g/mol. The van der Waals surface area contributed by atoms with E-state index in [4.69, 9.17) is 0 Å². The highest BCUT2D eigenvalue weighted by Gasteiger charge is 2.25. The first-order valence-electron chi connectivity index (χ1n) is 4.26. The number of rotatable bonds is 2. The number of benzene rings is 1. The number of nitrogens with zero attached hydrogens (tertiary/aromatic N) is 1. The van der Waals surface area contributed by atoms with E-state index in [0.29, 0.717) is 0 Å². The molecule has 1 aromatic rings. The molecule has 0 amide bonds. The summed E-state index contributed by atoms with van der Waals surface area (Å²) in [7, 11) is 0. The van der Waals surface area contributed by atoms with E-state index < -0.39 is 0 Å². The average Bonchev–Trinajstić information content (AvgIpc) is 2.02. The van der Waals surface area contributed by atoms with E-state index in [1.807, 2.05) is 12.1 Å². The van der Waals surface area contributed by atoms with Crippen LogP contribution in [0, 0.1) is 10.1 Å². The van der Waals surface area contributed by atoms with Gasteiger partial charge in [-0.2, -0.15) is 0 Å². The SMILES string of the molecule is O=[N+]([O-])c1ccccc1[C@H]1CCN1. The first kappa shape index (κ1) is 8.19. The summed E-state index contributed by atoms with van der Waals surface area (Å²) in [5, 5.41) is 13.8. The molecule has 4 heteroatoms. The van der Waals surface area contributed by atoms with E-state index in [-0.39, 0.29) is 16.7 Å². The fraction of sp³-hybridized carbons (Fsp3) is 0.333. The van der Waals surface area contributed by atoms with Gasteiger partial charge in [-0.15, -0.1) is 0 Å². The molecule has 0 unspecified atom stereocenters. The summed E-state index contributed by atoms with van der Waals surface area (Å²) in [5.74, 6) is 0. The second-order valence-corrected chi connectivity index (χ2v) is 3.11. The third kappa shape index (κ3) is 1.40. The number of nitrogens with one attached hydrogen (secondary N) is 1. The van der Waals surface area contributed by atoms with Gasteiger partial charge in [0.2, 0.25) is 0 Å². The lowest BCUT2D eigenvalue weighted by Gasteiger charge is -2.27. The summed E-state index contributed by atoms with van der Waals surface area (Å²) >= 11 is 0. The van der Waals surface area contributed by atoms with Crippen molar-refractivity contribution in [1.29, 1.82) is 0 Å². The number of nitro benzene ring substituents is 1. The van der Waals surface area contributed by atoms with Gasteiger partial charge in [0.25, 0.3) is 5.69 Å². The molecule has 0 bridgehead atoms. The van der Waals surface area contributed by atoms with E-state index in [2.05, 4.69) is 5.32 Å². The van der Waals surface area contributed by atoms with Crippen molar-refractivity contribution >= 4 is 5.69 Å². The molecule has 68 valence electrons. The smallest absolute Gasteiger partial charge is 0.274 e. The standard InChI is InChI=1S/C9H10N2O2/c12-11(13)9-4-2-1-3-7(9)8-5-6-10-8/h1-4,8,10H,5-6H2/t8-/m1/s1. The lowest BCUT2D eigenvalue weighted by atomic mass is 9.97. The van der Waals surface area contributed by atoms with Crippen LogP contribution in [0.25, 0.3) is 0 Å². The third-order valence-electron chi connectivity index (χ3n) is 2.33. The van der Waals surface area contributed by atoms with Crippen LogP contribution in [0.5, 0.6) is 0 Å². The molecule has 1 aliphatic heterocycles. The maximum absolute atomic E-state index is 10.6. The predicted molar refractivity (Wildman–Crippen MR) is 48.5 cm³/mol. The molecule has 0 saturated carbocycles. The van der Waals surface area contributed by atoms with E-state index in [1.165, 1.54) is 0 Å². The van der Waals surface area contributed by atoms with E-state index in [0.717, 1.165) is 18.5 Å². The summed E-state index contributed by atoms with van der Waals surface area (Å²) in [6, 6.07) is 7.08. The molecule has 0 spiro atoms. The molecule has 1 aromatic carbocycles. The first-order chi connectivity index (χ1) is 6.29. The van der Waals surface area contributed by atoms with Gasteiger partial charge in [-0.3, -0.25) is 10.1 Å². The quantitative estimate of drug-likeness (QED) is 0.553.